The number of nitrogens with zero attached hydrogens (tertiary/aromatic N) is 1. The van der Waals surface area contributed by atoms with Crippen molar-refractivity contribution in [2.75, 3.05) is 13.1 Å². The molecule has 2 rings (SSSR count). The largest absolute Gasteiger partial charge is 0.388 e. The summed E-state index contributed by atoms with van der Waals surface area (Å²) in [5, 5.41) is 11.2. The fourth-order valence-corrected chi connectivity index (χ4v) is 3.48. The van der Waals surface area contributed by atoms with E-state index >= 15 is 0 Å². The Morgan fingerprint density at radius 1 is 1.22 bits per heavy atom. The fraction of sp³-hybridized carbons (Fsp3) is 0.632. The van der Waals surface area contributed by atoms with Crippen molar-refractivity contribution in [2.45, 2.75) is 52.1 Å². The third-order valence-electron chi connectivity index (χ3n) is 5.17. The molecule has 0 aromatic heterocycles. The number of aliphatic hydroxyl groups is 1. The zero-order valence-corrected chi connectivity index (χ0v) is 14.9. The molecule has 23 heavy (non-hydrogen) atoms. The Balaban J connectivity index is 1.85. The number of piperidine rings is 1. The molecule has 1 aliphatic heterocycles. The van der Waals surface area contributed by atoms with Crippen molar-refractivity contribution in [3.05, 3.63) is 34.9 Å². The van der Waals surface area contributed by atoms with Crippen LogP contribution in [0.1, 0.15) is 57.6 Å². The van der Waals surface area contributed by atoms with Crippen LogP contribution in [0.2, 0.25) is 5.02 Å². The number of hydrogen-bond donors (Lipinski definition) is 1. The van der Waals surface area contributed by atoms with Gasteiger partial charge in [0.2, 0.25) is 5.91 Å². The van der Waals surface area contributed by atoms with E-state index in [9.17, 15) is 9.90 Å². The Labute approximate surface area is 144 Å². The van der Waals surface area contributed by atoms with E-state index < -0.39 is 6.10 Å². The molecule has 0 radical (unpaired) electrons. The van der Waals surface area contributed by atoms with E-state index in [4.69, 9.17) is 11.6 Å². The number of halogens is 1. The van der Waals surface area contributed by atoms with Crippen molar-refractivity contribution in [3.63, 3.8) is 0 Å². The summed E-state index contributed by atoms with van der Waals surface area (Å²) in [7, 11) is 0. The van der Waals surface area contributed by atoms with Crippen LogP contribution < -0.4 is 0 Å². The first-order valence-electron chi connectivity index (χ1n) is 8.76. The number of carbonyl (C=O) groups excluding carboxylic acids is 1. The van der Waals surface area contributed by atoms with Crippen LogP contribution in [0.15, 0.2) is 24.3 Å². The molecule has 3 nitrogen and oxygen atoms in total. The Bertz CT molecular complexity index is 491. The first-order chi connectivity index (χ1) is 11.0. The molecule has 4 heteroatoms. The molecular weight excluding hydrogens is 310 g/mol. The monoisotopic (exact) mass is 337 g/mol. The summed E-state index contributed by atoms with van der Waals surface area (Å²) in [5.41, 5.74) is 0.913. The van der Waals surface area contributed by atoms with Crippen LogP contribution >= 0.6 is 11.6 Å². The highest BCUT2D eigenvalue weighted by molar-refractivity contribution is 6.30. The first kappa shape index (κ1) is 18.3. The number of likely N-dealkylation sites (tertiary alicyclic amines) is 1. The number of rotatable bonds is 6. The molecule has 1 aliphatic rings. The molecule has 0 aliphatic carbocycles. The van der Waals surface area contributed by atoms with Crippen molar-refractivity contribution in [2.24, 2.45) is 11.8 Å². The fourth-order valence-electron chi connectivity index (χ4n) is 3.35. The zero-order valence-electron chi connectivity index (χ0n) is 14.2. The molecule has 1 amide bonds. The van der Waals surface area contributed by atoms with Gasteiger partial charge in [0.15, 0.2) is 0 Å². The van der Waals surface area contributed by atoms with E-state index in [1.54, 1.807) is 0 Å². The van der Waals surface area contributed by atoms with Crippen LogP contribution in [0.4, 0.5) is 0 Å². The maximum absolute atomic E-state index is 12.4. The van der Waals surface area contributed by atoms with Gasteiger partial charge in [0, 0.05) is 24.5 Å². The minimum absolute atomic E-state index is 0.216. The lowest BCUT2D eigenvalue weighted by molar-refractivity contribution is -0.134. The van der Waals surface area contributed by atoms with Crippen LogP contribution in [0.3, 0.4) is 0 Å². The molecule has 1 aromatic carbocycles. The van der Waals surface area contributed by atoms with Crippen LogP contribution in [0.25, 0.3) is 0 Å². The van der Waals surface area contributed by atoms with Gasteiger partial charge in [-0.15, -0.1) is 0 Å². The summed E-state index contributed by atoms with van der Waals surface area (Å²) in [6, 6.07) is 7.40. The minimum atomic E-state index is -0.469. The van der Waals surface area contributed by atoms with Gasteiger partial charge in [0.05, 0.1) is 6.10 Å². The summed E-state index contributed by atoms with van der Waals surface area (Å²) in [4.78, 5) is 14.3. The Kier molecular flexibility index (Phi) is 6.91. The Hall–Kier alpha value is -1.06. The molecule has 1 heterocycles. The highest BCUT2D eigenvalue weighted by atomic mass is 35.5. The Morgan fingerprint density at radius 2 is 1.78 bits per heavy atom. The second kappa shape index (κ2) is 8.70. The van der Waals surface area contributed by atoms with Crippen molar-refractivity contribution in [1.82, 2.24) is 4.90 Å². The predicted octanol–water partition coefficient (Wildman–Crippen LogP) is 4.44. The molecule has 1 atom stereocenters. The smallest absolute Gasteiger partial charge is 0.222 e. The van der Waals surface area contributed by atoms with Gasteiger partial charge in [-0.3, -0.25) is 4.79 Å². The third-order valence-corrected chi connectivity index (χ3v) is 5.42. The maximum Gasteiger partial charge on any atom is 0.222 e. The van der Waals surface area contributed by atoms with E-state index in [1.807, 2.05) is 29.2 Å². The Morgan fingerprint density at radius 3 is 2.30 bits per heavy atom. The van der Waals surface area contributed by atoms with Crippen LogP contribution in [-0.2, 0) is 4.79 Å². The summed E-state index contributed by atoms with van der Waals surface area (Å²) >= 11 is 5.90. The number of amides is 1. The SMILES string of the molecule is CCC(CC)CC(=O)N1CCC(C(O)c2ccc(Cl)cc2)CC1. The summed E-state index contributed by atoms with van der Waals surface area (Å²) in [6.45, 7) is 5.81. The van der Waals surface area contributed by atoms with E-state index in [-0.39, 0.29) is 11.8 Å². The lowest BCUT2D eigenvalue weighted by Crippen LogP contribution is -2.40. The number of benzene rings is 1. The normalized spacial score (nSPS) is 17.5. The highest BCUT2D eigenvalue weighted by Crippen LogP contribution is 2.31. The van der Waals surface area contributed by atoms with Crippen molar-refractivity contribution in [3.8, 4) is 0 Å². The summed E-state index contributed by atoms with van der Waals surface area (Å²) < 4.78 is 0. The molecule has 1 unspecified atom stereocenters. The average molecular weight is 338 g/mol. The van der Waals surface area contributed by atoms with E-state index in [1.165, 1.54) is 0 Å². The van der Waals surface area contributed by atoms with Gasteiger partial charge < -0.3 is 10.0 Å². The molecule has 1 N–H and O–H groups in total. The van der Waals surface area contributed by atoms with Crippen LogP contribution in [-0.4, -0.2) is 29.0 Å². The molecular formula is C19H28ClNO2. The second-order valence-electron chi connectivity index (χ2n) is 6.60. The lowest BCUT2D eigenvalue weighted by Gasteiger charge is -2.35. The van der Waals surface area contributed by atoms with E-state index in [0.29, 0.717) is 17.4 Å². The van der Waals surface area contributed by atoms with Gasteiger partial charge in [-0.1, -0.05) is 50.4 Å². The van der Waals surface area contributed by atoms with Crippen molar-refractivity contribution < 1.29 is 9.90 Å². The number of hydrogen-bond acceptors (Lipinski definition) is 2. The van der Waals surface area contributed by atoms with Gasteiger partial charge in [-0.05, 0) is 42.4 Å². The summed E-state index contributed by atoms with van der Waals surface area (Å²) in [5.74, 6) is 0.992. The van der Waals surface area contributed by atoms with Crippen LogP contribution in [0, 0.1) is 11.8 Å². The molecule has 0 bridgehead atoms. The number of aliphatic hydroxyl groups excluding tert-OH is 1. The van der Waals surface area contributed by atoms with E-state index in [0.717, 1.165) is 44.3 Å². The standard InChI is InChI=1S/C19H28ClNO2/c1-3-14(4-2)13-18(22)21-11-9-16(10-12-21)19(23)15-5-7-17(20)8-6-15/h5-8,14,16,19,23H,3-4,9-13H2,1-2H3. The first-order valence-corrected chi connectivity index (χ1v) is 9.14. The summed E-state index contributed by atoms with van der Waals surface area (Å²) in [6.07, 6.45) is 4.04. The molecule has 128 valence electrons. The lowest BCUT2D eigenvalue weighted by atomic mass is 9.87. The number of carbonyl (C=O) groups is 1. The van der Waals surface area contributed by atoms with Gasteiger partial charge in [-0.2, -0.15) is 0 Å². The topological polar surface area (TPSA) is 40.5 Å². The maximum atomic E-state index is 12.4. The predicted molar refractivity (Wildman–Crippen MR) is 94.4 cm³/mol. The van der Waals surface area contributed by atoms with Crippen LogP contribution in [0.5, 0.6) is 0 Å². The van der Waals surface area contributed by atoms with Gasteiger partial charge >= 0.3 is 0 Å². The molecule has 0 spiro atoms. The average Bonchev–Trinajstić information content (AvgIpc) is 2.59. The van der Waals surface area contributed by atoms with E-state index in [2.05, 4.69) is 13.8 Å². The molecule has 1 fully saturated rings. The molecule has 1 saturated heterocycles. The second-order valence-corrected chi connectivity index (χ2v) is 7.04. The highest BCUT2D eigenvalue weighted by Gasteiger charge is 2.28. The minimum Gasteiger partial charge on any atom is -0.388 e. The van der Waals surface area contributed by atoms with Gasteiger partial charge in [0.25, 0.3) is 0 Å². The molecule has 1 aromatic rings. The molecule has 0 saturated carbocycles. The quantitative estimate of drug-likeness (QED) is 0.833. The van der Waals surface area contributed by atoms with Gasteiger partial charge in [0.1, 0.15) is 0 Å². The van der Waals surface area contributed by atoms with Gasteiger partial charge in [-0.25, -0.2) is 0 Å². The van der Waals surface area contributed by atoms with Crippen molar-refractivity contribution >= 4 is 17.5 Å². The zero-order chi connectivity index (χ0) is 16.8. The van der Waals surface area contributed by atoms with Crippen molar-refractivity contribution in [1.29, 1.82) is 0 Å². The third kappa shape index (κ3) is 4.95.